The molecule has 0 saturated carbocycles. The summed E-state index contributed by atoms with van der Waals surface area (Å²) < 4.78 is 62.7. The van der Waals surface area contributed by atoms with Crippen LogP contribution in [0.1, 0.15) is 0 Å². The van der Waals surface area contributed by atoms with Crippen molar-refractivity contribution in [3.63, 3.8) is 0 Å². The lowest BCUT2D eigenvalue weighted by Gasteiger charge is -2.15. The van der Waals surface area contributed by atoms with Crippen molar-refractivity contribution in [1.82, 2.24) is 4.72 Å². The molecule has 1 unspecified atom stereocenters. The molecule has 114 valence electrons. The molecule has 0 aliphatic rings. The predicted molar refractivity (Wildman–Crippen MR) is 68.6 cm³/mol. The molecule has 0 fully saturated rings. The lowest BCUT2D eigenvalue weighted by atomic mass is 10.3. The number of nitrogens with two attached hydrogens (primary N) is 1. The fourth-order valence-corrected chi connectivity index (χ4v) is 2.69. The van der Waals surface area contributed by atoms with E-state index in [1.807, 2.05) is 0 Å². The van der Waals surface area contributed by atoms with E-state index in [1.54, 1.807) is 0 Å². The SMILES string of the molecule is COCC(CNS(=O)(=O)c1c(F)cc(N)cc1F)OC. The Morgan fingerprint density at radius 1 is 1.30 bits per heavy atom. The Balaban J connectivity index is 2.95. The molecule has 20 heavy (non-hydrogen) atoms. The van der Waals surface area contributed by atoms with E-state index in [2.05, 4.69) is 4.72 Å². The molecule has 0 heterocycles. The summed E-state index contributed by atoms with van der Waals surface area (Å²) in [6.07, 6.45) is -0.574. The molecule has 0 saturated heterocycles. The van der Waals surface area contributed by atoms with Gasteiger partial charge in [0.05, 0.1) is 12.7 Å². The van der Waals surface area contributed by atoms with Crippen LogP contribution in [0.25, 0.3) is 0 Å². The highest BCUT2D eigenvalue weighted by Crippen LogP contribution is 2.21. The minimum atomic E-state index is -4.35. The van der Waals surface area contributed by atoms with Crippen molar-refractivity contribution in [3.05, 3.63) is 23.8 Å². The Morgan fingerprint density at radius 2 is 1.85 bits per heavy atom. The van der Waals surface area contributed by atoms with Crippen LogP contribution in [0, 0.1) is 11.6 Å². The van der Waals surface area contributed by atoms with Crippen molar-refractivity contribution in [2.24, 2.45) is 0 Å². The standard InChI is InChI=1S/C11H16F2N2O4S/c1-18-6-8(19-2)5-15-20(16,17)11-9(12)3-7(14)4-10(11)13/h3-4,8,15H,5-6,14H2,1-2H3. The Bertz CT molecular complexity index is 543. The number of nitrogen functional groups attached to an aromatic ring is 1. The average Bonchev–Trinajstić information content (AvgIpc) is 2.32. The average molecular weight is 310 g/mol. The molecule has 0 aliphatic carbocycles. The molecule has 1 atom stereocenters. The minimum absolute atomic E-state index is 0.131. The van der Waals surface area contributed by atoms with Crippen molar-refractivity contribution < 1.29 is 26.7 Å². The molecule has 1 rings (SSSR count). The van der Waals surface area contributed by atoms with Crippen LogP contribution >= 0.6 is 0 Å². The van der Waals surface area contributed by atoms with Gasteiger partial charge in [0.1, 0.15) is 11.6 Å². The zero-order valence-corrected chi connectivity index (χ0v) is 11.8. The molecular weight excluding hydrogens is 294 g/mol. The van der Waals surface area contributed by atoms with Crippen molar-refractivity contribution in [3.8, 4) is 0 Å². The minimum Gasteiger partial charge on any atom is -0.399 e. The van der Waals surface area contributed by atoms with Crippen LogP contribution < -0.4 is 10.5 Å². The maximum absolute atomic E-state index is 13.6. The van der Waals surface area contributed by atoms with Gasteiger partial charge in [-0.2, -0.15) is 0 Å². The Hall–Kier alpha value is -1.29. The van der Waals surface area contributed by atoms with E-state index in [0.717, 1.165) is 12.1 Å². The van der Waals surface area contributed by atoms with Gasteiger partial charge in [-0.3, -0.25) is 0 Å². The second kappa shape index (κ2) is 6.93. The van der Waals surface area contributed by atoms with E-state index in [-0.39, 0.29) is 18.8 Å². The first-order valence-electron chi connectivity index (χ1n) is 5.57. The van der Waals surface area contributed by atoms with Crippen LogP contribution in [-0.4, -0.2) is 41.9 Å². The predicted octanol–water partition coefficient (Wildman–Crippen LogP) is 0.487. The van der Waals surface area contributed by atoms with Gasteiger partial charge in [-0.15, -0.1) is 0 Å². The zero-order chi connectivity index (χ0) is 15.3. The molecule has 1 aromatic rings. The van der Waals surface area contributed by atoms with Gasteiger partial charge in [-0.05, 0) is 12.1 Å². The van der Waals surface area contributed by atoms with Crippen molar-refractivity contribution in [2.75, 3.05) is 33.1 Å². The molecule has 0 bridgehead atoms. The lowest BCUT2D eigenvalue weighted by molar-refractivity contribution is 0.0320. The molecule has 0 amide bonds. The van der Waals surface area contributed by atoms with Crippen molar-refractivity contribution in [2.45, 2.75) is 11.0 Å². The highest BCUT2D eigenvalue weighted by atomic mass is 32.2. The molecule has 0 aliphatic heterocycles. The molecular formula is C11H16F2N2O4S. The van der Waals surface area contributed by atoms with Crippen LogP contribution in [0.4, 0.5) is 14.5 Å². The number of hydrogen-bond donors (Lipinski definition) is 2. The zero-order valence-electron chi connectivity index (χ0n) is 11.0. The second-order valence-corrected chi connectivity index (χ2v) is 5.68. The van der Waals surface area contributed by atoms with E-state index in [1.165, 1.54) is 14.2 Å². The highest BCUT2D eigenvalue weighted by molar-refractivity contribution is 7.89. The summed E-state index contributed by atoms with van der Waals surface area (Å²) in [6, 6.07) is 1.47. The molecule has 0 spiro atoms. The quantitative estimate of drug-likeness (QED) is 0.715. The largest absolute Gasteiger partial charge is 0.399 e. The molecule has 1 aromatic carbocycles. The van der Waals surface area contributed by atoms with E-state index < -0.39 is 32.7 Å². The third kappa shape index (κ3) is 4.10. The Kier molecular flexibility index (Phi) is 5.81. The number of halogens is 2. The first-order chi connectivity index (χ1) is 9.31. The monoisotopic (exact) mass is 310 g/mol. The van der Waals surface area contributed by atoms with Gasteiger partial charge < -0.3 is 15.2 Å². The van der Waals surface area contributed by atoms with Crippen LogP contribution in [0.3, 0.4) is 0 Å². The molecule has 0 aromatic heterocycles. The molecule has 6 nitrogen and oxygen atoms in total. The maximum atomic E-state index is 13.6. The Morgan fingerprint density at radius 3 is 2.30 bits per heavy atom. The summed E-state index contributed by atoms with van der Waals surface area (Å²) in [7, 11) is -1.57. The number of ether oxygens (including phenoxy) is 2. The van der Waals surface area contributed by atoms with Gasteiger partial charge in [0.25, 0.3) is 0 Å². The van der Waals surface area contributed by atoms with Crippen LogP contribution in [0.15, 0.2) is 17.0 Å². The lowest BCUT2D eigenvalue weighted by Crippen LogP contribution is -2.36. The van der Waals surface area contributed by atoms with Gasteiger partial charge in [-0.1, -0.05) is 0 Å². The first kappa shape index (κ1) is 16.8. The highest BCUT2D eigenvalue weighted by Gasteiger charge is 2.25. The van der Waals surface area contributed by atoms with E-state index >= 15 is 0 Å². The maximum Gasteiger partial charge on any atom is 0.246 e. The topological polar surface area (TPSA) is 90.7 Å². The summed E-state index contributed by atoms with van der Waals surface area (Å²) in [5.41, 5.74) is 5.02. The fourth-order valence-electron chi connectivity index (χ4n) is 1.51. The summed E-state index contributed by atoms with van der Waals surface area (Å²) >= 11 is 0. The molecule has 0 radical (unpaired) electrons. The summed E-state index contributed by atoms with van der Waals surface area (Å²) in [6.45, 7) is -0.0539. The number of benzene rings is 1. The van der Waals surface area contributed by atoms with Gasteiger partial charge in [-0.25, -0.2) is 21.9 Å². The number of sulfonamides is 1. The van der Waals surface area contributed by atoms with Crippen LogP contribution in [0.5, 0.6) is 0 Å². The van der Waals surface area contributed by atoms with Gasteiger partial charge in [0.2, 0.25) is 10.0 Å². The smallest absolute Gasteiger partial charge is 0.246 e. The fraction of sp³-hybridized carbons (Fsp3) is 0.455. The molecule has 9 heteroatoms. The third-order valence-corrected chi connectivity index (χ3v) is 3.95. The summed E-state index contributed by atoms with van der Waals surface area (Å²) in [5, 5.41) is 0. The first-order valence-corrected chi connectivity index (χ1v) is 7.06. The number of anilines is 1. The summed E-state index contributed by atoms with van der Waals surface area (Å²) in [5.74, 6) is -2.51. The Labute approximate surface area is 115 Å². The van der Waals surface area contributed by atoms with Gasteiger partial charge in [0, 0.05) is 26.5 Å². The number of methoxy groups -OCH3 is 2. The van der Waals surface area contributed by atoms with E-state index in [0.29, 0.717) is 0 Å². The van der Waals surface area contributed by atoms with E-state index in [9.17, 15) is 17.2 Å². The van der Waals surface area contributed by atoms with Crippen molar-refractivity contribution in [1.29, 1.82) is 0 Å². The second-order valence-electron chi connectivity index (χ2n) is 3.98. The van der Waals surface area contributed by atoms with Crippen molar-refractivity contribution >= 4 is 15.7 Å². The third-order valence-electron chi connectivity index (χ3n) is 2.48. The normalized spacial score (nSPS) is 13.4. The summed E-state index contributed by atoms with van der Waals surface area (Å²) in [4.78, 5) is -1.07. The van der Waals surface area contributed by atoms with Gasteiger partial charge in [0.15, 0.2) is 4.90 Å². The number of rotatable bonds is 7. The van der Waals surface area contributed by atoms with Crippen LogP contribution in [-0.2, 0) is 19.5 Å². The number of nitrogens with one attached hydrogen (secondary N) is 1. The van der Waals surface area contributed by atoms with Gasteiger partial charge >= 0.3 is 0 Å². The van der Waals surface area contributed by atoms with E-state index in [4.69, 9.17) is 15.2 Å². The van der Waals surface area contributed by atoms with Crippen LogP contribution in [0.2, 0.25) is 0 Å². The number of hydrogen-bond acceptors (Lipinski definition) is 5. The molecule has 3 N–H and O–H groups in total.